The molecular formula is C23H25N3O4. The number of nitrogens with zero attached hydrogens (tertiary/aromatic N) is 2. The molecule has 7 nitrogen and oxygen atoms in total. The predicted octanol–water partition coefficient (Wildman–Crippen LogP) is 2.06. The van der Waals surface area contributed by atoms with Gasteiger partial charge in [-0.25, -0.2) is 4.79 Å². The maximum atomic E-state index is 13.3. The fourth-order valence-corrected chi connectivity index (χ4v) is 4.27. The van der Waals surface area contributed by atoms with Crippen molar-refractivity contribution in [1.29, 1.82) is 0 Å². The third-order valence-corrected chi connectivity index (χ3v) is 5.85. The van der Waals surface area contributed by atoms with Crippen molar-refractivity contribution in [2.24, 2.45) is 0 Å². The summed E-state index contributed by atoms with van der Waals surface area (Å²) >= 11 is 0. The van der Waals surface area contributed by atoms with E-state index in [9.17, 15) is 14.4 Å². The number of hydrogen-bond acceptors (Lipinski definition) is 4. The summed E-state index contributed by atoms with van der Waals surface area (Å²) in [6.45, 7) is 0.851. The third-order valence-electron chi connectivity index (χ3n) is 5.85. The Morgan fingerprint density at radius 2 is 1.87 bits per heavy atom. The molecule has 0 unspecified atom stereocenters. The van der Waals surface area contributed by atoms with Gasteiger partial charge >= 0.3 is 6.03 Å². The van der Waals surface area contributed by atoms with Gasteiger partial charge in [0, 0.05) is 20.2 Å². The Labute approximate surface area is 175 Å². The van der Waals surface area contributed by atoms with Crippen LogP contribution in [-0.4, -0.2) is 54.5 Å². The van der Waals surface area contributed by atoms with Crippen LogP contribution in [0.3, 0.4) is 0 Å². The minimum Gasteiger partial charge on any atom is -0.383 e. The van der Waals surface area contributed by atoms with E-state index in [0.717, 1.165) is 28.0 Å². The first kappa shape index (κ1) is 20.1. The van der Waals surface area contributed by atoms with Crippen molar-refractivity contribution in [1.82, 2.24) is 15.1 Å². The molecule has 30 heavy (non-hydrogen) atoms. The number of benzene rings is 2. The second-order valence-electron chi connectivity index (χ2n) is 7.68. The van der Waals surface area contributed by atoms with Gasteiger partial charge in [0.25, 0.3) is 5.91 Å². The van der Waals surface area contributed by atoms with Crippen molar-refractivity contribution in [3.8, 4) is 0 Å². The number of urea groups is 1. The van der Waals surface area contributed by atoms with E-state index in [-0.39, 0.29) is 18.4 Å². The van der Waals surface area contributed by atoms with Gasteiger partial charge < -0.3 is 15.0 Å². The fourth-order valence-electron chi connectivity index (χ4n) is 4.27. The van der Waals surface area contributed by atoms with Crippen LogP contribution >= 0.6 is 0 Å². The fraction of sp³-hybridized carbons (Fsp3) is 0.348. The van der Waals surface area contributed by atoms with Crippen LogP contribution in [-0.2, 0) is 32.8 Å². The smallest absolute Gasteiger partial charge is 0.325 e. The molecule has 1 N–H and O–H groups in total. The average Bonchev–Trinajstić information content (AvgIpc) is 3.25. The molecule has 4 amide bonds. The van der Waals surface area contributed by atoms with Crippen molar-refractivity contribution in [3.05, 3.63) is 71.3 Å². The van der Waals surface area contributed by atoms with Crippen LogP contribution < -0.4 is 5.32 Å². The van der Waals surface area contributed by atoms with Crippen LogP contribution in [0.2, 0.25) is 0 Å². The van der Waals surface area contributed by atoms with Crippen LogP contribution in [0.1, 0.15) is 23.1 Å². The largest absolute Gasteiger partial charge is 0.383 e. The van der Waals surface area contributed by atoms with Gasteiger partial charge in [0.2, 0.25) is 5.91 Å². The first-order valence-corrected chi connectivity index (χ1v) is 10.1. The molecule has 0 aromatic heterocycles. The molecule has 1 aliphatic heterocycles. The molecular weight excluding hydrogens is 382 g/mol. The summed E-state index contributed by atoms with van der Waals surface area (Å²) < 4.78 is 5.13. The van der Waals surface area contributed by atoms with Gasteiger partial charge in [-0.3, -0.25) is 14.5 Å². The zero-order chi connectivity index (χ0) is 21.1. The van der Waals surface area contributed by atoms with E-state index in [1.807, 2.05) is 54.6 Å². The molecule has 0 radical (unpaired) electrons. The van der Waals surface area contributed by atoms with E-state index in [1.165, 1.54) is 0 Å². The topological polar surface area (TPSA) is 79.0 Å². The molecule has 1 fully saturated rings. The molecule has 0 saturated carbocycles. The number of carbonyl (C=O) groups is 3. The van der Waals surface area contributed by atoms with E-state index in [2.05, 4.69) is 5.32 Å². The molecule has 1 saturated heterocycles. The summed E-state index contributed by atoms with van der Waals surface area (Å²) in [5.41, 5.74) is 1.81. The number of ether oxygens (including phenoxy) is 1. The van der Waals surface area contributed by atoms with Gasteiger partial charge in [-0.1, -0.05) is 54.6 Å². The van der Waals surface area contributed by atoms with Crippen molar-refractivity contribution in [2.45, 2.75) is 24.9 Å². The van der Waals surface area contributed by atoms with Gasteiger partial charge in [-0.15, -0.1) is 0 Å². The summed E-state index contributed by atoms with van der Waals surface area (Å²) in [5.74, 6) is -0.639. The van der Waals surface area contributed by atoms with E-state index in [0.29, 0.717) is 26.1 Å². The quantitative estimate of drug-likeness (QED) is 0.713. The lowest BCUT2D eigenvalue weighted by molar-refractivity contribution is -0.139. The van der Waals surface area contributed by atoms with Crippen molar-refractivity contribution in [2.75, 3.05) is 26.8 Å². The average molecular weight is 407 g/mol. The standard InChI is InChI=1S/C23H25N3O4/c1-30-14-13-25(15-17-7-3-2-4-8-17)20(27)16-26-21(28)23(24-22(26)29)12-11-18-9-5-6-10-19(18)23/h2-10H,11-16H2,1H3,(H,24,29)/t23-/m1/s1. The number of rotatable bonds is 7. The van der Waals surface area contributed by atoms with Crippen molar-refractivity contribution in [3.63, 3.8) is 0 Å². The highest BCUT2D eigenvalue weighted by Crippen LogP contribution is 2.41. The predicted molar refractivity (Wildman–Crippen MR) is 110 cm³/mol. The molecule has 4 rings (SSSR count). The van der Waals surface area contributed by atoms with Crippen LogP contribution in [0.5, 0.6) is 0 Å². The number of nitrogens with one attached hydrogen (secondary N) is 1. The van der Waals surface area contributed by atoms with Gasteiger partial charge in [0.05, 0.1) is 6.61 Å². The Balaban J connectivity index is 1.51. The van der Waals surface area contributed by atoms with E-state index < -0.39 is 11.6 Å². The highest BCUT2D eigenvalue weighted by atomic mass is 16.5. The van der Waals surface area contributed by atoms with E-state index in [4.69, 9.17) is 4.74 Å². The number of hydrogen-bond donors (Lipinski definition) is 1. The van der Waals surface area contributed by atoms with Gasteiger partial charge in [0.15, 0.2) is 0 Å². The number of aryl methyl sites for hydroxylation is 1. The first-order valence-electron chi connectivity index (χ1n) is 10.1. The summed E-state index contributed by atoms with van der Waals surface area (Å²) in [4.78, 5) is 41.7. The maximum absolute atomic E-state index is 13.3. The van der Waals surface area contributed by atoms with Crippen LogP contribution in [0.4, 0.5) is 4.79 Å². The molecule has 2 aromatic carbocycles. The monoisotopic (exact) mass is 407 g/mol. The second kappa shape index (κ2) is 8.28. The molecule has 2 aromatic rings. The molecule has 156 valence electrons. The minimum atomic E-state index is -1.05. The molecule has 7 heteroatoms. The number of methoxy groups -OCH3 is 1. The highest BCUT2D eigenvalue weighted by Gasteiger charge is 2.55. The Morgan fingerprint density at radius 1 is 1.13 bits per heavy atom. The molecule has 2 aliphatic rings. The summed E-state index contributed by atoms with van der Waals surface area (Å²) in [7, 11) is 1.57. The van der Waals surface area contributed by atoms with E-state index >= 15 is 0 Å². The lowest BCUT2D eigenvalue weighted by Gasteiger charge is -2.25. The zero-order valence-electron chi connectivity index (χ0n) is 17.0. The highest BCUT2D eigenvalue weighted by molar-refractivity contribution is 6.09. The minimum absolute atomic E-state index is 0.287. The summed E-state index contributed by atoms with van der Waals surface area (Å²) in [5, 5.41) is 2.86. The number of imide groups is 1. The second-order valence-corrected chi connectivity index (χ2v) is 7.68. The normalized spacial score (nSPS) is 19.8. The van der Waals surface area contributed by atoms with Gasteiger partial charge in [-0.2, -0.15) is 0 Å². The number of carbonyl (C=O) groups excluding carboxylic acids is 3. The lowest BCUT2D eigenvalue weighted by atomic mass is 9.92. The summed E-state index contributed by atoms with van der Waals surface area (Å²) in [6, 6.07) is 16.7. The van der Waals surface area contributed by atoms with Crippen LogP contribution in [0.15, 0.2) is 54.6 Å². The van der Waals surface area contributed by atoms with Crippen molar-refractivity contribution >= 4 is 17.8 Å². The Hall–Kier alpha value is -3.19. The molecule has 1 atom stereocenters. The summed E-state index contributed by atoms with van der Waals surface area (Å²) in [6.07, 6.45) is 1.23. The molecule has 1 spiro atoms. The maximum Gasteiger partial charge on any atom is 0.325 e. The number of amides is 4. The molecule has 0 bridgehead atoms. The third kappa shape index (κ3) is 3.57. The Bertz CT molecular complexity index is 962. The van der Waals surface area contributed by atoms with Crippen LogP contribution in [0.25, 0.3) is 0 Å². The Kier molecular flexibility index (Phi) is 5.55. The first-order chi connectivity index (χ1) is 14.5. The zero-order valence-corrected chi connectivity index (χ0v) is 17.0. The lowest BCUT2D eigenvalue weighted by Crippen LogP contribution is -2.45. The molecule has 1 heterocycles. The van der Waals surface area contributed by atoms with Gasteiger partial charge in [0.1, 0.15) is 12.1 Å². The van der Waals surface area contributed by atoms with Crippen LogP contribution in [0, 0.1) is 0 Å². The van der Waals surface area contributed by atoms with Gasteiger partial charge in [-0.05, 0) is 29.5 Å². The number of fused-ring (bicyclic) bond motifs is 2. The Morgan fingerprint density at radius 3 is 2.63 bits per heavy atom. The SMILES string of the molecule is COCCN(Cc1ccccc1)C(=O)CN1C(=O)N[C@@]2(CCc3ccccc32)C1=O. The van der Waals surface area contributed by atoms with Crippen molar-refractivity contribution < 1.29 is 19.1 Å². The van der Waals surface area contributed by atoms with E-state index in [1.54, 1.807) is 12.0 Å². The molecule has 1 aliphatic carbocycles.